The maximum absolute atomic E-state index is 11.8. The molecule has 1 aliphatic rings. The number of rotatable bonds is 2. The summed E-state index contributed by atoms with van der Waals surface area (Å²) < 4.78 is 5.34. The molecular weight excluding hydrogens is 278 g/mol. The molecule has 1 fully saturated rings. The van der Waals surface area contributed by atoms with Gasteiger partial charge in [0.2, 0.25) is 0 Å². The van der Waals surface area contributed by atoms with Crippen LogP contribution >= 0.6 is 0 Å². The molecule has 2 atom stereocenters. The fourth-order valence-electron chi connectivity index (χ4n) is 3.11. The first-order valence-corrected chi connectivity index (χ1v) is 7.88. The molecule has 1 aromatic carbocycles. The molecular formula is C18H23NO3. The van der Waals surface area contributed by atoms with Crippen molar-refractivity contribution in [3.8, 4) is 0 Å². The summed E-state index contributed by atoms with van der Waals surface area (Å²) in [4.78, 5) is 14.0. The molecule has 1 aliphatic heterocycles. The molecule has 0 bridgehead atoms. The zero-order valence-electron chi connectivity index (χ0n) is 13.4. The van der Waals surface area contributed by atoms with Crippen LogP contribution in [0.4, 0.5) is 0 Å². The number of hydrogen-bond donors (Lipinski definition) is 1. The number of benzene rings is 1. The van der Waals surface area contributed by atoms with Crippen LogP contribution in [0.15, 0.2) is 27.4 Å². The van der Waals surface area contributed by atoms with E-state index in [2.05, 4.69) is 24.8 Å². The molecule has 0 amide bonds. The average Bonchev–Trinajstić information content (AvgIpc) is 2.45. The van der Waals surface area contributed by atoms with Crippen molar-refractivity contribution in [3.63, 3.8) is 0 Å². The highest BCUT2D eigenvalue weighted by atomic mass is 16.4. The number of aryl methyl sites for hydroxylation is 2. The van der Waals surface area contributed by atoms with Crippen LogP contribution in [0.25, 0.3) is 11.0 Å². The van der Waals surface area contributed by atoms with E-state index in [0.29, 0.717) is 24.6 Å². The third kappa shape index (κ3) is 2.94. The number of aliphatic hydroxyl groups is 1. The van der Waals surface area contributed by atoms with E-state index in [1.54, 1.807) is 6.07 Å². The molecule has 0 aliphatic carbocycles. The second kappa shape index (κ2) is 5.86. The van der Waals surface area contributed by atoms with E-state index in [-0.39, 0.29) is 11.7 Å². The summed E-state index contributed by atoms with van der Waals surface area (Å²) in [5.41, 5.74) is 3.63. The first kappa shape index (κ1) is 15.3. The van der Waals surface area contributed by atoms with Crippen LogP contribution < -0.4 is 5.63 Å². The number of hydrogen-bond acceptors (Lipinski definition) is 4. The Morgan fingerprint density at radius 1 is 1.27 bits per heavy atom. The lowest BCUT2D eigenvalue weighted by Crippen LogP contribution is -2.42. The topological polar surface area (TPSA) is 53.7 Å². The van der Waals surface area contributed by atoms with Gasteiger partial charge in [-0.15, -0.1) is 0 Å². The normalized spacial score (nSPS) is 23.1. The van der Waals surface area contributed by atoms with Gasteiger partial charge in [0.25, 0.3) is 0 Å². The molecule has 0 spiro atoms. The molecule has 0 radical (unpaired) electrons. The number of β-amino-alcohol motifs (C(OH)–C–C–N with tert-alkyl or cyclic N) is 1. The largest absolute Gasteiger partial charge is 0.423 e. The fraction of sp³-hybridized carbons (Fsp3) is 0.500. The molecule has 1 aromatic heterocycles. The maximum Gasteiger partial charge on any atom is 0.336 e. The lowest BCUT2D eigenvalue weighted by atomic mass is 9.95. The summed E-state index contributed by atoms with van der Waals surface area (Å²) in [5.74, 6) is 0.346. The Hall–Kier alpha value is -1.65. The zero-order valence-corrected chi connectivity index (χ0v) is 13.4. The van der Waals surface area contributed by atoms with Crippen molar-refractivity contribution < 1.29 is 9.52 Å². The second-order valence-corrected chi connectivity index (χ2v) is 6.59. The Balaban J connectivity index is 1.96. The highest BCUT2D eigenvalue weighted by Gasteiger charge is 2.24. The molecule has 118 valence electrons. The van der Waals surface area contributed by atoms with Gasteiger partial charge in [0.05, 0.1) is 6.10 Å². The van der Waals surface area contributed by atoms with Gasteiger partial charge >= 0.3 is 5.63 Å². The minimum Gasteiger partial charge on any atom is -0.423 e. The van der Waals surface area contributed by atoms with E-state index in [1.165, 1.54) is 5.56 Å². The van der Waals surface area contributed by atoms with E-state index in [0.717, 1.165) is 29.5 Å². The van der Waals surface area contributed by atoms with Crippen LogP contribution in [0, 0.1) is 19.8 Å². The lowest BCUT2D eigenvalue weighted by molar-refractivity contribution is 0.0260. The van der Waals surface area contributed by atoms with Gasteiger partial charge in [-0.25, -0.2) is 4.79 Å². The van der Waals surface area contributed by atoms with Crippen LogP contribution in [0.1, 0.15) is 30.0 Å². The predicted octanol–water partition coefficient (Wildman–Crippen LogP) is 2.61. The van der Waals surface area contributed by atoms with E-state index >= 15 is 0 Å². The maximum atomic E-state index is 11.8. The molecule has 2 unspecified atom stereocenters. The number of piperidine rings is 1. The molecule has 22 heavy (non-hydrogen) atoms. The standard InChI is InChI=1S/C18H23NO3/c1-11-4-5-19(10-16(11)20)9-14-8-18(21)22-17-7-13(3)12(2)6-15(14)17/h6-8,11,16,20H,4-5,9-10H2,1-3H3. The van der Waals surface area contributed by atoms with Crippen LogP contribution in [0.3, 0.4) is 0 Å². The Morgan fingerprint density at radius 3 is 2.73 bits per heavy atom. The second-order valence-electron chi connectivity index (χ2n) is 6.59. The van der Waals surface area contributed by atoms with Crippen molar-refractivity contribution in [3.05, 3.63) is 45.3 Å². The Morgan fingerprint density at radius 2 is 2.00 bits per heavy atom. The van der Waals surface area contributed by atoms with E-state index in [9.17, 15) is 9.90 Å². The predicted molar refractivity (Wildman–Crippen MR) is 87.0 cm³/mol. The van der Waals surface area contributed by atoms with E-state index in [4.69, 9.17) is 4.42 Å². The molecule has 2 heterocycles. The highest BCUT2D eigenvalue weighted by molar-refractivity contribution is 5.81. The van der Waals surface area contributed by atoms with Gasteiger partial charge < -0.3 is 9.52 Å². The third-order valence-electron chi connectivity index (χ3n) is 4.84. The van der Waals surface area contributed by atoms with Crippen LogP contribution in [-0.2, 0) is 6.54 Å². The van der Waals surface area contributed by atoms with Gasteiger partial charge in [0.1, 0.15) is 5.58 Å². The molecule has 1 saturated heterocycles. The van der Waals surface area contributed by atoms with Crippen molar-refractivity contribution in [1.29, 1.82) is 0 Å². The summed E-state index contributed by atoms with van der Waals surface area (Å²) in [5, 5.41) is 11.0. The minimum atomic E-state index is -0.309. The van der Waals surface area contributed by atoms with Gasteiger partial charge in [-0.2, -0.15) is 0 Å². The van der Waals surface area contributed by atoms with E-state index < -0.39 is 0 Å². The van der Waals surface area contributed by atoms with Crippen LogP contribution in [-0.4, -0.2) is 29.2 Å². The zero-order chi connectivity index (χ0) is 15.9. The fourth-order valence-corrected chi connectivity index (χ4v) is 3.11. The van der Waals surface area contributed by atoms with E-state index in [1.807, 2.05) is 13.0 Å². The van der Waals surface area contributed by atoms with Crippen LogP contribution in [0.5, 0.6) is 0 Å². The smallest absolute Gasteiger partial charge is 0.336 e. The molecule has 0 saturated carbocycles. The lowest BCUT2D eigenvalue weighted by Gasteiger charge is -2.34. The number of nitrogens with zero attached hydrogens (tertiary/aromatic N) is 1. The first-order valence-electron chi connectivity index (χ1n) is 7.88. The van der Waals surface area contributed by atoms with Crippen molar-refractivity contribution in [1.82, 2.24) is 4.90 Å². The third-order valence-corrected chi connectivity index (χ3v) is 4.84. The number of fused-ring (bicyclic) bond motifs is 1. The SMILES string of the molecule is Cc1cc2oc(=O)cc(CN3CCC(C)C(O)C3)c2cc1C. The van der Waals surface area contributed by atoms with Gasteiger partial charge in [-0.1, -0.05) is 6.92 Å². The summed E-state index contributed by atoms with van der Waals surface area (Å²) in [6.45, 7) is 8.45. The Bertz CT molecular complexity index is 750. The van der Waals surface area contributed by atoms with Crippen molar-refractivity contribution in [2.45, 2.75) is 39.8 Å². The highest BCUT2D eigenvalue weighted by Crippen LogP contribution is 2.24. The quantitative estimate of drug-likeness (QED) is 0.866. The number of aliphatic hydroxyl groups excluding tert-OH is 1. The van der Waals surface area contributed by atoms with Gasteiger partial charge in [0.15, 0.2) is 0 Å². The molecule has 4 nitrogen and oxygen atoms in total. The Kier molecular flexibility index (Phi) is 4.06. The van der Waals surface area contributed by atoms with Crippen molar-refractivity contribution in [2.75, 3.05) is 13.1 Å². The molecule has 2 aromatic rings. The summed E-state index contributed by atoms with van der Waals surface area (Å²) in [7, 11) is 0. The Labute approximate surface area is 130 Å². The summed E-state index contributed by atoms with van der Waals surface area (Å²) in [6.07, 6.45) is 0.697. The number of likely N-dealkylation sites (tertiary alicyclic amines) is 1. The summed E-state index contributed by atoms with van der Waals surface area (Å²) in [6, 6.07) is 5.61. The first-order chi connectivity index (χ1) is 10.4. The van der Waals surface area contributed by atoms with Crippen molar-refractivity contribution in [2.24, 2.45) is 5.92 Å². The molecule has 3 rings (SSSR count). The van der Waals surface area contributed by atoms with Gasteiger partial charge in [0, 0.05) is 24.5 Å². The van der Waals surface area contributed by atoms with Gasteiger partial charge in [-0.3, -0.25) is 4.90 Å². The van der Waals surface area contributed by atoms with Crippen LogP contribution in [0.2, 0.25) is 0 Å². The minimum absolute atomic E-state index is 0.288. The average molecular weight is 301 g/mol. The molecule has 4 heteroatoms. The van der Waals surface area contributed by atoms with Gasteiger partial charge in [-0.05, 0) is 61.6 Å². The summed E-state index contributed by atoms with van der Waals surface area (Å²) >= 11 is 0. The van der Waals surface area contributed by atoms with Crippen molar-refractivity contribution >= 4 is 11.0 Å². The monoisotopic (exact) mass is 301 g/mol. The molecule has 1 N–H and O–H groups in total.